The summed E-state index contributed by atoms with van der Waals surface area (Å²) in [6, 6.07) is -2.24. The minimum Gasteiger partial charge on any atom is -0.348 e. The number of aryl methyl sites for hydroxylation is 2. The van der Waals surface area contributed by atoms with Gasteiger partial charge < -0.3 is 10.6 Å². The maximum atomic E-state index is 13.5. The maximum absolute atomic E-state index is 13.5. The van der Waals surface area contributed by atoms with E-state index in [1.54, 1.807) is 0 Å². The largest absolute Gasteiger partial charge is 0.410 e. The molecule has 0 aromatic carbocycles. The van der Waals surface area contributed by atoms with E-state index in [0.717, 1.165) is 55.5 Å². The zero-order valence-corrected chi connectivity index (χ0v) is 16.3. The van der Waals surface area contributed by atoms with Gasteiger partial charge in [-0.2, -0.15) is 23.4 Å². The highest BCUT2D eigenvalue weighted by Gasteiger charge is 2.42. The average molecular weight is 424 g/mol. The monoisotopic (exact) mass is 424 g/mol. The predicted molar refractivity (Wildman–Crippen MR) is 100 cm³/mol. The number of hydrogen-bond donors (Lipinski definition) is 4. The summed E-state index contributed by atoms with van der Waals surface area (Å²) < 4.78 is 40.5. The molecule has 4 N–H and O–H groups in total. The van der Waals surface area contributed by atoms with Crippen LogP contribution < -0.4 is 10.6 Å². The van der Waals surface area contributed by atoms with Crippen molar-refractivity contribution >= 4 is 11.8 Å². The van der Waals surface area contributed by atoms with Crippen molar-refractivity contribution in [2.24, 2.45) is 0 Å². The van der Waals surface area contributed by atoms with Gasteiger partial charge in [0.15, 0.2) is 11.4 Å². The molecule has 0 aliphatic heterocycles. The molecule has 0 saturated heterocycles. The summed E-state index contributed by atoms with van der Waals surface area (Å²) in [7, 11) is 0. The van der Waals surface area contributed by atoms with Crippen LogP contribution in [0.15, 0.2) is 0 Å². The van der Waals surface area contributed by atoms with Crippen LogP contribution in [0.2, 0.25) is 0 Å². The zero-order chi connectivity index (χ0) is 21.3. The van der Waals surface area contributed by atoms with Crippen molar-refractivity contribution in [2.45, 2.75) is 63.6 Å². The standard InChI is InChI=1S/C19H23F3N6O2/c20-19(21,22)14(24-18(30)16-11-6-2-4-8-13(11)26-28-16)9-23-17(29)15-10-5-1-3-7-12(10)25-27-15/h14H,1-9H2,(H,23,29)(H,24,30)(H,25,27)(H,26,28). The van der Waals surface area contributed by atoms with E-state index in [1.165, 1.54) is 0 Å². The van der Waals surface area contributed by atoms with E-state index in [0.29, 0.717) is 18.4 Å². The van der Waals surface area contributed by atoms with Crippen molar-refractivity contribution < 1.29 is 22.8 Å². The Morgan fingerprint density at radius 2 is 1.37 bits per heavy atom. The minimum absolute atomic E-state index is 0.00773. The molecule has 11 heteroatoms. The van der Waals surface area contributed by atoms with E-state index in [9.17, 15) is 22.8 Å². The van der Waals surface area contributed by atoms with Crippen LogP contribution in [-0.2, 0) is 25.7 Å². The summed E-state index contributed by atoms with van der Waals surface area (Å²) in [5.74, 6) is -1.59. The first kappa shape index (κ1) is 20.4. The molecule has 0 saturated carbocycles. The molecular formula is C19H23F3N6O2. The molecule has 2 heterocycles. The van der Waals surface area contributed by atoms with Gasteiger partial charge in [-0.1, -0.05) is 0 Å². The quantitative estimate of drug-likeness (QED) is 0.587. The van der Waals surface area contributed by atoms with E-state index in [1.807, 2.05) is 5.32 Å². The second-order valence-corrected chi connectivity index (χ2v) is 7.75. The first-order valence-electron chi connectivity index (χ1n) is 10.1. The Hall–Kier alpha value is -2.85. The number of fused-ring (bicyclic) bond motifs is 2. The Bertz CT molecular complexity index is 949. The normalized spacial score (nSPS) is 17.0. The fraction of sp³-hybridized carbons (Fsp3) is 0.579. The van der Waals surface area contributed by atoms with Crippen molar-refractivity contribution in [3.8, 4) is 0 Å². The van der Waals surface area contributed by atoms with Gasteiger partial charge in [-0.3, -0.25) is 19.8 Å². The second-order valence-electron chi connectivity index (χ2n) is 7.75. The van der Waals surface area contributed by atoms with Crippen LogP contribution in [0.1, 0.15) is 69.2 Å². The predicted octanol–water partition coefficient (Wildman–Crippen LogP) is 1.98. The Labute approximate surface area is 170 Å². The molecule has 4 rings (SSSR count). The number of hydrogen-bond acceptors (Lipinski definition) is 4. The number of aromatic amines is 2. The molecule has 1 unspecified atom stereocenters. The number of amides is 2. The van der Waals surface area contributed by atoms with Crippen LogP contribution in [0.4, 0.5) is 13.2 Å². The van der Waals surface area contributed by atoms with Gasteiger partial charge in [0.25, 0.3) is 11.8 Å². The highest BCUT2D eigenvalue weighted by Crippen LogP contribution is 2.25. The van der Waals surface area contributed by atoms with Gasteiger partial charge in [0, 0.05) is 29.1 Å². The first-order chi connectivity index (χ1) is 14.3. The number of aromatic nitrogens is 4. The molecule has 0 spiro atoms. The lowest BCUT2D eigenvalue weighted by atomic mass is 9.95. The van der Waals surface area contributed by atoms with Gasteiger partial charge in [0.2, 0.25) is 0 Å². The highest BCUT2D eigenvalue weighted by molar-refractivity contribution is 5.95. The second kappa shape index (κ2) is 8.11. The fourth-order valence-electron chi connectivity index (χ4n) is 4.09. The van der Waals surface area contributed by atoms with Gasteiger partial charge in [-0.05, 0) is 51.4 Å². The van der Waals surface area contributed by atoms with Crippen LogP contribution in [-0.4, -0.2) is 51.0 Å². The Kier molecular flexibility index (Phi) is 5.52. The summed E-state index contributed by atoms with van der Waals surface area (Å²) in [6.45, 7) is -0.789. The molecule has 0 bridgehead atoms. The van der Waals surface area contributed by atoms with Gasteiger partial charge >= 0.3 is 6.18 Å². The topological polar surface area (TPSA) is 116 Å². The van der Waals surface area contributed by atoms with Crippen LogP contribution in [0.3, 0.4) is 0 Å². The van der Waals surface area contributed by atoms with Crippen molar-refractivity contribution in [3.63, 3.8) is 0 Å². The number of nitrogens with one attached hydrogen (secondary N) is 4. The van der Waals surface area contributed by atoms with Crippen molar-refractivity contribution in [1.82, 2.24) is 31.0 Å². The number of rotatable bonds is 5. The third-order valence-corrected chi connectivity index (χ3v) is 5.71. The third kappa shape index (κ3) is 4.05. The molecule has 30 heavy (non-hydrogen) atoms. The molecule has 8 nitrogen and oxygen atoms in total. The van der Waals surface area contributed by atoms with Crippen molar-refractivity contribution in [1.29, 1.82) is 0 Å². The van der Waals surface area contributed by atoms with E-state index in [4.69, 9.17) is 0 Å². The van der Waals surface area contributed by atoms with E-state index < -0.39 is 30.6 Å². The minimum atomic E-state index is -4.73. The highest BCUT2D eigenvalue weighted by atomic mass is 19.4. The molecule has 2 aromatic heterocycles. The number of carbonyl (C=O) groups excluding carboxylic acids is 2. The molecule has 0 radical (unpaired) electrons. The van der Waals surface area contributed by atoms with E-state index >= 15 is 0 Å². The summed E-state index contributed by atoms with van der Waals surface area (Å²) in [4.78, 5) is 24.9. The maximum Gasteiger partial charge on any atom is 0.410 e. The number of carbonyl (C=O) groups is 2. The van der Waals surface area contributed by atoms with Gasteiger partial charge in [-0.25, -0.2) is 0 Å². The lowest BCUT2D eigenvalue weighted by molar-refractivity contribution is -0.151. The molecule has 1 atom stereocenters. The molecule has 2 amide bonds. The molecule has 0 fully saturated rings. The molecule has 2 aromatic rings. The van der Waals surface area contributed by atoms with Crippen LogP contribution in [0, 0.1) is 0 Å². The van der Waals surface area contributed by atoms with E-state index in [-0.39, 0.29) is 11.4 Å². The third-order valence-electron chi connectivity index (χ3n) is 5.71. The Balaban J connectivity index is 1.43. The number of halogens is 3. The van der Waals surface area contributed by atoms with Crippen LogP contribution in [0.5, 0.6) is 0 Å². The van der Waals surface area contributed by atoms with Crippen LogP contribution in [0.25, 0.3) is 0 Å². The average Bonchev–Trinajstić information content (AvgIpc) is 3.34. The fourth-order valence-corrected chi connectivity index (χ4v) is 4.09. The van der Waals surface area contributed by atoms with Crippen LogP contribution >= 0.6 is 0 Å². The number of nitrogens with zero attached hydrogens (tertiary/aromatic N) is 2. The molecule has 2 aliphatic carbocycles. The zero-order valence-electron chi connectivity index (χ0n) is 16.3. The van der Waals surface area contributed by atoms with Gasteiger partial charge in [0.05, 0.1) is 0 Å². The molecule has 2 aliphatic rings. The Morgan fingerprint density at radius 3 is 1.90 bits per heavy atom. The summed E-state index contributed by atoms with van der Waals surface area (Å²) >= 11 is 0. The first-order valence-corrected chi connectivity index (χ1v) is 10.1. The summed E-state index contributed by atoms with van der Waals surface area (Å²) in [5.41, 5.74) is 3.20. The van der Waals surface area contributed by atoms with Gasteiger partial charge in [0.1, 0.15) is 6.04 Å². The number of alkyl halides is 3. The smallest absolute Gasteiger partial charge is 0.348 e. The van der Waals surface area contributed by atoms with Crippen molar-refractivity contribution in [3.05, 3.63) is 33.9 Å². The number of H-pyrrole nitrogens is 2. The SMILES string of the molecule is O=C(NCC(NC(=O)c1n[nH]c2c1CCCC2)C(F)(F)F)c1n[nH]c2c1CCCC2. The summed E-state index contributed by atoms with van der Waals surface area (Å²) in [6.07, 6.45) is 1.73. The molecular weight excluding hydrogens is 401 g/mol. The molecule has 162 valence electrons. The van der Waals surface area contributed by atoms with E-state index in [2.05, 4.69) is 25.7 Å². The van der Waals surface area contributed by atoms with Gasteiger partial charge in [-0.15, -0.1) is 0 Å². The van der Waals surface area contributed by atoms with Crippen molar-refractivity contribution in [2.75, 3.05) is 6.54 Å². The summed E-state index contributed by atoms with van der Waals surface area (Å²) in [5, 5.41) is 17.7. The lowest BCUT2D eigenvalue weighted by Crippen LogP contribution is -2.52. The Morgan fingerprint density at radius 1 is 0.867 bits per heavy atom. The lowest BCUT2D eigenvalue weighted by Gasteiger charge is -2.22.